The molecule has 9 nitrogen and oxygen atoms in total. The van der Waals surface area contributed by atoms with Crippen LogP contribution in [0.25, 0.3) is 0 Å². The molecule has 0 aliphatic carbocycles. The van der Waals surface area contributed by atoms with E-state index in [1.54, 1.807) is 0 Å². The lowest BCUT2D eigenvalue weighted by Gasteiger charge is -2.06. The number of carbonyl (C=O) groups is 2. The van der Waals surface area contributed by atoms with E-state index in [4.69, 9.17) is 27.9 Å². The van der Waals surface area contributed by atoms with E-state index in [0.717, 1.165) is 12.1 Å². The zero-order valence-corrected chi connectivity index (χ0v) is 16.1. The maximum atomic E-state index is 12.1. The fraction of sp³-hybridized carbons (Fsp3) is 0.0667. The highest BCUT2D eigenvalue weighted by Crippen LogP contribution is 2.35. The minimum Gasteiger partial charge on any atom is -0.454 e. The summed E-state index contributed by atoms with van der Waals surface area (Å²) >= 11 is 14.3. The highest BCUT2D eigenvalue weighted by atomic mass is 79.9. The maximum Gasteiger partial charge on any atom is 0.339 e. The first kappa shape index (κ1) is 20.7. The summed E-state index contributed by atoms with van der Waals surface area (Å²) in [5, 5.41) is 22.4. The fourth-order valence-corrected chi connectivity index (χ4v) is 2.76. The fourth-order valence-electron chi connectivity index (χ4n) is 1.95. The number of hydrogen-bond acceptors (Lipinski definition) is 7. The lowest BCUT2D eigenvalue weighted by molar-refractivity contribution is -0.395. The number of ether oxygens (including phenoxy) is 1. The van der Waals surface area contributed by atoms with Crippen LogP contribution in [0.5, 0.6) is 0 Å². The molecule has 0 atom stereocenters. The van der Waals surface area contributed by atoms with Crippen LogP contribution in [0.4, 0.5) is 11.4 Å². The molecule has 0 spiro atoms. The summed E-state index contributed by atoms with van der Waals surface area (Å²) in [5.41, 5.74) is -1.69. The van der Waals surface area contributed by atoms with E-state index in [1.165, 1.54) is 18.2 Å². The van der Waals surface area contributed by atoms with Crippen LogP contribution in [0.15, 0.2) is 34.8 Å². The van der Waals surface area contributed by atoms with Crippen LogP contribution in [0.2, 0.25) is 10.0 Å². The highest BCUT2D eigenvalue weighted by Gasteiger charge is 2.27. The molecule has 0 heterocycles. The van der Waals surface area contributed by atoms with E-state index >= 15 is 0 Å². The number of hydrogen-bond donors (Lipinski definition) is 0. The van der Waals surface area contributed by atoms with E-state index in [0.29, 0.717) is 0 Å². The summed E-state index contributed by atoms with van der Waals surface area (Å²) in [4.78, 5) is 44.3. The van der Waals surface area contributed by atoms with Crippen molar-refractivity contribution in [1.29, 1.82) is 0 Å². The Morgan fingerprint density at radius 3 is 2.00 bits per heavy atom. The third kappa shape index (κ3) is 4.79. The second kappa shape index (κ2) is 8.42. The summed E-state index contributed by atoms with van der Waals surface area (Å²) in [6.07, 6.45) is 0. The molecule has 12 heteroatoms. The number of carbonyl (C=O) groups excluding carboxylic acids is 2. The number of rotatable bonds is 6. The van der Waals surface area contributed by atoms with Gasteiger partial charge in [-0.05, 0) is 34.1 Å². The summed E-state index contributed by atoms with van der Waals surface area (Å²) in [6, 6.07) is 5.67. The van der Waals surface area contributed by atoms with E-state index < -0.39 is 45.1 Å². The molecule has 2 aromatic carbocycles. The van der Waals surface area contributed by atoms with Gasteiger partial charge in [-0.25, -0.2) is 4.79 Å². The smallest absolute Gasteiger partial charge is 0.339 e. The average Bonchev–Trinajstić information content (AvgIpc) is 2.61. The number of nitrogens with zero attached hydrogens (tertiary/aromatic N) is 2. The van der Waals surface area contributed by atoms with Gasteiger partial charge in [0, 0.05) is 17.7 Å². The summed E-state index contributed by atoms with van der Waals surface area (Å²) < 4.78 is 4.41. The van der Waals surface area contributed by atoms with Gasteiger partial charge in [0.05, 0.1) is 25.5 Å². The third-order valence-corrected chi connectivity index (χ3v) is 4.79. The van der Waals surface area contributed by atoms with Crippen molar-refractivity contribution < 1.29 is 24.2 Å². The summed E-state index contributed by atoms with van der Waals surface area (Å²) in [5.74, 6) is -1.75. The Kier molecular flexibility index (Phi) is 6.47. The molecule has 0 amide bonds. The molecule has 0 radical (unpaired) electrons. The zero-order chi connectivity index (χ0) is 20.3. The lowest BCUT2D eigenvalue weighted by Crippen LogP contribution is -2.15. The molecule has 0 saturated heterocycles. The number of esters is 1. The molecule has 0 aromatic heterocycles. The third-order valence-electron chi connectivity index (χ3n) is 3.24. The molecule has 2 rings (SSSR count). The van der Waals surface area contributed by atoms with Gasteiger partial charge in [-0.15, -0.1) is 0 Å². The molecular formula is C15H7BrCl2N2O7. The van der Waals surface area contributed by atoms with Crippen molar-refractivity contribution in [1.82, 2.24) is 0 Å². The maximum absolute atomic E-state index is 12.1. The first-order valence-electron chi connectivity index (χ1n) is 6.89. The number of ketones is 1. The van der Waals surface area contributed by atoms with E-state index in [1.807, 2.05) is 0 Å². The van der Waals surface area contributed by atoms with Crippen molar-refractivity contribution in [2.24, 2.45) is 0 Å². The lowest BCUT2D eigenvalue weighted by atomic mass is 10.1. The van der Waals surface area contributed by atoms with Crippen molar-refractivity contribution in [2.75, 3.05) is 6.61 Å². The summed E-state index contributed by atoms with van der Waals surface area (Å²) in [6.45, 7) is -0.700. The van der Waals surface area contributed by atoms with Crippen molar-refractivity contribution in [2.45, 2.75) is 0 Å². The second-order valence-corrected chi connectivity index (χ2v) is 6.58. The standard InChI is InChI=1S/C15H7BrCl2N2O7/c16-14-11(19(23)24)4-8(5-12(14)20(25)26)15(22)27-6-13(21)7-1-2-9(17)10(18)3-7/h1-5H,6H2. The molecule has 2 aromatic rings. The summed E-state index contributed by atoms with van der Waals surface area (Å²) in [7, 11) is 0. The van der Waals surface area contributed by atoms with Crippen LogP contribution in [0.1, 0.15) is 20.7 Å². The second-order valence-electron chi connectivity index (χ2n) is 4.97. The van der Waals surface area contributed by atoms with Gasteiger partial charge in [0.15, 0.2) is 16.9 Å². The van der Waals surface area contributed by atoms with Crippen LogP contribution in [-0.4, -0.2) is 28.2 Å². The van der Waals surface area contributed by atoms with E-state index in [-0.39, 0.29) is 20.1 Å². The number of Topliss-reactive ketones (excluding diaryl/α,β-unsaturated/α-hetero) is 1. The molecule has 27 heavy (non-hydrogen) atoms. The Bertz CT molecular complexity index is 946. The van der Waals surface area contributed by atoms with Gasteiger partial charge in [-0.1, -0.05) is 23.2 Å². The largest absolute Gasteiger partial charge is 0.454 e. The topological polar surface area (TPSA) is 130 Å². The predicted octanol–water partition coefficient (Wildman–Crippen LogP) is 4.61. The van der Waals surface area contributed by atoms with Crippen LogP contribution in [-0.2, 0) is 4.74 Å². The number of nitro groups is 2. The number of benzene rings is 2. The van der Waals surface area contributed by atoms with Gasteiger partial charge in [0.25, 0.3) is 11.4 Å². The van der Waals surface area contributed by atoms with Crippen molar-refractivity contribution in [3.63, 3.8) is 0 Å². The van der Waals surface area contributed by atoms with Crippen molar-refractivity contribution >= 4 is 62.3 Å². The van der Waals surface area contributed by atoms with Gasteiger partial charge < -0.3 is 4.74 Å². The Balaban J connectivity index is 2.22. The van der Waals surface area contributed by atoms with Crippen molar-refractivity contribution in [3.8, 4) is 0 Å². The van der Waals surface area contributed by atoms with Gasteiger partial charge >= 0.3 is 5.97 Å². The van der Waals surface area contributed by atoms with Gasteiger partial charge in [0.2, 0.25) is 0 Å². The first-order valence-corrected chi connectivity index (χ1v) is 8.44. The van der Waals surface area contributed by atoms with Gasteiger partial charge in [-0.3, -0.25) is 25.0 Å². The van der Waals surface area contributed by atoms with Crippen LogP contribution < -0.4 is 0 Å². The minimum atomic E-state index is -1.14. The van der Waals surface area contributed by atoms with E-state index in [2.05, 4.69) is 15.9 Å². The monoisotopic (exact) mass is 476 g/mol. The van der Waals surface area contributed by atoms with E-state index in [9.17, 15) is 29.8 Å². The van der Waals surface area contributed by atoms with Crippen LogP contribution >= 0.6 is 39.1 Å². The van der Waals surface area contributed by atoms with Gasteiger partial charge in [0.1, 0.15) is 0 Å². The average molecular weight is 478 g/mol. The Hall–Kier alpha value is -2.56. The molecule has 0 N–H and O–H groups in total. The molecule has 140 valence electrons. The molecule has 0 bridgehead atoms. The van der Waals surface area contributed by atoms with Crippen molar-refractivity contribution in [3.05, 3.63) is 76.2 Å². The quantitative estimate of drug-likeness (QED) is 0.257. The van der Waals surface area contributed by atoms with Gasteiger partial charge in [-0.2, -0.15) is 0 Å². The normalized spacial score (nSPS) is 10.3. The Morgan fingerprint density at radius 2 is 1.52 bits per heavy atom. The Labute approximate surface area is 169 Å². The zero-order valence-electron chi connectivity index (χ0n) is 13.0. The molecule has 0 saturated carbocycles. The molecular weight excluding hydrogens is 471 g/mol. The molecule has 0 aliphatic rings. The number of nitro benzene ring substituents is 2. The number of halogens is 3. The minimum absolute atomic E-state index is 0.130. The van der Waals surface area contributed by atoms with Crippen LogP contribution in [0, 0.1) is 20.2 Å². The SMILES string of the molecule is O=C(COC(=O)c1cc([N+](=O)[O-])c(Br)c([N+](=O)[O-])c1)c1ccc(Cl)c(Cl)c1. The van der Waals surface area contributed by atoms with Crippen LogP contribution in [0.3, 0.4) is 0 Å². The molecule has 0 aliphatic heterocycles. The molecule has 0 fully saturated rings. The first-order chi connectivity index (χ1) is 12.6. The highest BCUT2D eigenvalue weighted by molar-refractivity contribution is 9.10. The molecule has 0 unspecified atom stereocenters. The Morgan fingerprint density at radius 1 is 0.963 bits per heavy atom. The predicted molar refractivity (Wildman–Crippen MR) is 98.5 cm³/mol.